The minimum Gasteiger partial charge on any atom is -0.397 e. The third-order valence-electron chi connectivity index (χ3n) is 3.06. The molecule has 0 bridgehead atoms. The number of benzene rings is 2. The van der Waals surface area contributed by atoms with Gasteiger partial charge in [0.2, 0.25) is 0 Å². The lowest BCUT2D eigenvalue weighted by Crippen LogP contribution is -1.97. The first-order valence-corrected chi connectivity index (χ1v) is 5.89. The number of rotatable bonds is 2. The van der Waals surface area contributed by atoms with E-state index in [0.717, 1.165) is 16.6 Å². The first-order chi connectivity index (χ1) is 9.13. The molecule has 0 aliphatic heterocycles. The Morgan fingerprint density at radius 2 is 2.11 bits per heavy atom. The van der Waals surface area contributed by atoms with E-state index in [2.05, 4.69) is 15.5 Å². The predicted octanol–water partition coefficient (Wildman–Crippen LogP) is 3.34. The van der Waals surface area contributed by atoms with Gasteiger partial charge in [-0.1, -0.05) is 6.07 Å². The van der Waals surface area contributed by atoms with E-state index in [1.54, 1.807) is 19.2 Å². The largest absolute Gasteiger partial charge is 0.397 e. The number of halogens is 1. The van der Waals surface area contributed by atoms with Gasteiger partial charge in [-0.15, -0.1) is 0 Å². The highest BCUT2D eigenvalue weighted by atomic mass is 19.1. The molecule has 1 aromatic heterocycles. The number of aromatic amines is 1. The summed E-state index contributed by atoms with van der Waals surface area (Å²) in [5, 5.41) is 10.9. The normalized spacial score (nSPS) is 10.8. The number of nitrogen functional groups attached to an aromatic ring is 1. The molecule has 2 aromatic carbocycles. The van der Waals surface area contributed by atoms with Gasteiger partial charge in [-0.3, -0.25) is 5.10 Å². The molecule has 1 heterocycles. The quantitative estimate of drug-likeness (QED) is 0.616. The second kappa shape index (κ2) is 4.28. The molecule has 0 saturated carbocycles. The minimum atomic E-state index is -0.244. The highest BCUT2D eigenvalue weighted by molar-refractivity contribution is 5.89. The van der Waals surface area contributed by atoms with Crippen LogP contribution in [0.5, 0.6) is 0 Å². The van der Waals surface area contributed by atoms with Crippen molar-refractivity contribution >= 4 is 28.0 Å². The van der Waals surface area contributed by atoms with Crippen LogP contribution in [0, 0.1) is 12.7 Å². The molecule has 0 unspecified atom stereocenters. The Bertz CT molecular complexity index is 748. The zero-order valence-corrected chi connectivity index (χ0v) is 10.4. The highest BCUT2D eigenvalue weighted by Crippen LogP contribution is 2.28. The summed E-state index contributed by atoms with van der Waals surface area (Å²) < 4.78 is 13.5. The van der Waals surface area contributed by atoms with Crippen molar-refractivity contribution in [2.75, 3.05) is 11.1 Å². The first kappa shape index (κ1) is 11.5. The van der Waals surface area contributed by atoms with Crippen LogP contribution in [-0.2, 0) is 0 Å². The minimum absolute atomic E-state index is 0.244. The van der Waals surface area contributed by atoms with Crippen LogP contribution >= 0.6 is 0 Å². The van der Waals surface area contributed by atoms with Gasteiger partial charge in [-0.05, 0) is 36.8 Å². The summed E-state index contributed by atoms with van der Waals surface area (Å²) in [6.45, 7) is 1.73. The van der Waals surface area contributed by atoms with Crippen LogP contribution in [0.1, 0.15) is 5.56 Å². The topological polar surface area (TPSA) is 66.7 Å². The van der Waals surface area contributed by atoms with Gasteiger partial charge in [-0.25, -0.2) is 4.39 Å². The number of anilines is 3. The van der Waals surface area contributed by atoms with E-state index in [0.29, 0.717) is 16.9 Å². The number of aromatic nitrogens is 2. The number of fused-ring (bicyclic) bond motifs is 1. The van der Waals surface area contributed by atoms with Crippen molar-refractivity contribution in [2.45, 2.75) is 6.92 Å². The Balaban J connectivity index is 1.99. The second-order valence-electron chi connectivity index (χ2n) is 4.49. The summed E-state index contributed by atoms with van der Waals surface area (Å²) in [6, 6.07) is 8.67. The number of nitrogens with two attached hydrogens (primary N) is 1. The third-order valence-corrected chi connectivity index (χ3v) is 3.06. The van der Waals surface area contributed by atoms with Crippen LogP contribution in [0.2, 0.25) is 0 Å². The van der Waals surface area contributed by atoms with Crippen molar-refractivity contribution in [3.63, 3.8) is 0 Å². The van der Waals surface area contributed by atoms with E-state index in [-0.39, 0.29) is 5.82 Å². The SMILES string of the molecule is Cc1ccc(Nc2cc3[nH]ncc3cc2N)cc1F. The highest BCUT2D eigenvalue weighted by Gasteiger charge is 2.05. The van der Waals surface area contributed by atoms with Crippen molar-refractivity contribution in [1.82, 2.24) is 10.2 Å². The number of nitrogens with one attached hydrogen (secondary N) is 2. The van der Waals surface area contributed by atoms with Crippen LogP contribution in [0.4, 0.5) is 21.5 Å². The van der Waals surface area contributed by atoms with E-state index in [9.17, 15) is 4.39 Å². The number of nitrogens with zero attached hydrogens (tertiary/aromatic N) is 1. The molecule has 0 saturated heterocycles. The van der Waals surface area contributed by atoms with Crippen molar-refractivity contribution in [3.8, 4) is 0 Å². The molecule has 3 rings (SSSR count). The van der Waals surface area contributed by atoms with E-state index in [4.69, 9.17) is 5.73 Å². The van der Waals surface area contributed by atoms with Gasteiger partial charge in [-0.2, -0.15) is 5.10 Å². The molecule has 19 heavy (non-hydrogen) atoms. The molecule has 0 aliphatic carbocycles. The van der Waals surface area contributed by atoms with Gasteiger partial charge in [0.25, 0.3) is 0 Å². The Kier molecular flexibility index (Phi) is 2.59. The summed E-state index contributed by atoms with van der Waals surface area (Å²) >= 11 is 0. The average molecular weight is 256 g/mol. The molecule has 4 nitrogen and oxygen atoms in total. The molecule has 96 valence electrons. The molecule has 0 atom stereocenters. The van der Waals surface area contributed by atoms with Crippen molar-refractivity contribution in [3.05, 3.63) is 47.9 Å². The maximum absolute atomic E-state index is 13.5. The van der Waals surface area contributed by atoms with Gasteiger partial charge in [0.05, 0.1) is 23.1 Å². The van der Waals surface area contributed by atoms with Crippen LogP contribution in [-0.4, -0.2) is 10.2 Å². The summed E-state index contributed by atoms with van der Waals surface area (Å²) in [6.07, 6.45) is 1.71. The average Bonchev–Trinajstić information content (AvgIpc) is 2.81. The van der Waals surface area contributed by atoms with E-state index in [1.165, 1.54) is 6.07 Å². The lowest BCUT2D eigenvalue weighted by atomic mass is 10.2. The molecule has 0 radical (unpaired) electrons. The lowest BCUT2D eigenvalue weighted by Gasteiger charge is -2.10. The number of H-pyrrole nitrogens is 1. The molecule has 5 heteroatoms. The fourth-order valence-electron chi connectivity index (χ4n) is 1.94. The molecule has 0 spiro atoms. The van der Waals surface area contributed by atoms with Crippen LogP contribution in [0.15, 0.2) is 36.5 Å². The van der Waals surface area contributed by atoms with Crippen LogP contribution in [0.3, 0.4) is 0 Å². The standard InChI is InChI=1S/C14H13FN4/c1-8-2-3-10(5-11(8)15)18-14-6-13-9(4-12(14)16)7-17-19-13/h2-7,18H,16H2,1H3,(H,17,19). The maximum Gasteiger partial charge on any atom is 0.128 e. The fraction of sp³-hybridized carbons (Fsp3) is 0.0714. The molecule has 0 fully saturated rings. The zero-order valence-electron chi connectivity index (χ0n) is 10.4. The Hall–Kier alpha value is -2.56. The summed E-state index contributed by atoms with van der Waals surface area (Å²) in [5.74, 6) is -0.244. The summed E-state index contributed by atoms with van der Waals surface area (Å²) in [7, 11) is 0. The third kappa shape index (κ3) is 2.10. The zero-order chi connectivity index (χ0) is 13.4. The molecule has 4 N–H and O–H groups in total. The van der Waals surface area contributed by atoms with Crippen molar-refractivity contribution in [2.24, 2.45) is 0 Å². The van der Waals surface area contributed by atoms with Gasteiger partial charge in [0.1, 0.15) is 5.82 Å². The monoisotopic (exact) mass is 256 g/mol. The molecule has 0 amide bonds. The fourth-order valence-corrected chi connectivity index (χ4v) is 1.94. The lowest BCUT2D eigenvalue weighted by molar-refractivity contribution is 0.619. The molecular weight excluding hydrogens is 243 g/mol. The Morgan fingerprint density at radius 1 is 1.26 bits per heavy atom. The van der Waals surface area contributed by atoms with E-state index in [1.807, 2.05) is 18.2 Å². The Morgan fingerprint density at radius 3 is 2.89 bits per heavy atom. The summed E-state index contributed by atoms with van der Waals surface area (Å²) in [4.78, 5) is 0. The van der Waals surface area contributed by atoms with Crippen molar-refractivity contribution < 1.29 is 4.39 Å². The summed E-state index contributed by atoms with van der Waals surface area (Å²) in [5.41, 5.74) is 9.43. The van der Waals surface area contributed by atoms with Gasteiger partial charge < -0.3 is 11.1 Å². The molecular formula is C14H13FN4. The number of hydrogen-bond acceptors (Lipinski definition) is 3. The molecule has 3 aromatic rings. The number of aryl methyl sites for hydroxylation is 1. The van der Waals surface area contributed by atoms with E-state index < -0.39 is 0 Å². The van der Waals surface area contributed by atoms with E-state index >= 15 is 0 Å². The number of hydrogen-bond donors (Lipinski definition) is 3. The first-order valence-electron chi connectivity index (χ1n) is 5.89. The smallest absolute Gasteiger partial charge is 0.128 e. The maximum atomic E-state index is 13.5. The van der Waals surface area contributed by atoms with Crippen LogP contribution in [0.25, 0.3) is 10.9 Å². The Labute approximate surface area is 109 Å². The van der Waals surface area contributed by atoms with Crippen molar-refractivity contribution in [1.29, 1.82) is 0 Å². The van der Waals surface area contributed by atoms with Gasteiger partial charge >= 0.3 is 0 Å². The second-order valence-corrected chi connectivity index (χ2v) is 4.49. The van der Waals surface area contributed by atoms with Gasteiger partial charge in [0, 0.05) is 11.1 Å². The van der Waals surface area contributed by atoms with Gasteiger partial charge in [0.15, 0.2) is 0 Å². The molecule has 0 aliphatic rings. The van der Waals surface area contributed by atoms with Crippen LogP contribution < -0.4 is 11.1 Å². The predicted molar refractivity (Wildman–Crippen MR) is 74.9 cm³/mol.